The van der Waals surface area contributed by atoms with E-state index in [4.69, 9.17) is 0 Å². The van der Waals surface area contributed by atoms with E-state index in [9.17, 15) is 9.59 Å². The molecule has 0 saturated carbocycles. The molecule has 0 saturated heterocycles. The molecular formula is C20H21N5O2S. The van der Waals surface area contributed by atoms with Gasteiger partial charge >= 0.3 is 0 Å². The highest BCUT2D eigenvalue weighted by atomic mass is 32.2. The van der Waals surface area contributed by atoms with Crippen LogP contribution in [0, 0.1) is 0 Å². The van der Waals surface area contributed by atoms with Gasteiger partial charge in [0.15, 0.2) is 5.16 Å². The van der Waals surface area contributed by atoms with Gasteiger partial charge in [-0.1, -0.05) is 37.1 Å². The Bertz CT molecular complexity index is 933. The fourth-order valence-electron chi connectivity index (χ4n) is 2.97. The van der Waals surface area contributed by atoms with Gasteiger partial charge in [0.25, 0.3) is 11.8 Å². The van der Waals surface area contributed by atoms with Crippen LogP contribution in [0.3, 0.4) is 0 Å². The Balaban J connectivity index is 1.53. The number of thioether (sulfide) groups is 1. The second kappa shape index (κ2) is 8.79. The molecule has 0 unspecified atom stereocenters. The zero-order valence-electron chi connectivity index (χ0n) is 15.7. The molecule has 0 bridgehead atoms. The van der Waals surface area contributed by atoms with Crippen molar-refractivity contribution in [3.63, 3.8) is 0 Å². The number of hydrogen-bond donors (Lipinski definition) is 0. The smallest absolute Gasteiger partial charge is 0.261 e. The number of aryl methyl sites for hydroxylation is 1. The van der Waals surface area contributed by atoms with Gasteiger partial charge in [0.05, 0.1) is 23.2 Å². The molecule has 2 aromatic rings. The quantitative estimate of drug-likeness (QED) is 0.281. The molecule has 0 aliphatic carbocycles. The van der Waals surface area contributed by atoms with E-state index in [1.165, 1.54) is 28.8 Å². The van der Waals surface area contributed by atoms with Crippen molar-refractivity contribution in [1.29, 1.82) is 0 Å². The molecule has 28 heavy (non-hydrogen) atoms. The van der Waals surface area contributed by atoms with E-state index in [0.717, 1.165) is 24.4 Å². The third-order valence-electron chi connectivity index (χ3n) is 4.41. The highest BCUT2D eigenvalue weighted by Gasteiger charge is 2.34. The normalized spacial score (nSPS) is 14.1. The van der Waals surface area contributed by atoms with Crippen molar-refractivity contribution in [3.8, 4) is 11.4 Å². The number of amides is 2. The molecule has 2 aromatic heterocycles. The molecule has 7 nitrogen and oxygen atoms in total. The van der Waals surface area contributed by atoms with Gasteiger partial charge in [-0.05, 0) is 25.2 Å². The largest absolute Gasteiger partial charge is 0.337 e. The molecule has 3 rings (SSSR count). The summed E-state index contributed by atoms with van der Waals surface area (Å²) in [5, 5.41) is 0.707. The predicted octanol–water partition coefficient (Wildman–Crippen LogP) is 2.88. The van der Waals surface area contributed by atoms with E-state index in [0.29, 0.717) is 29.3 Å². The van der Waals surface area contributed by atoms with Gasteiger partial charge in [0.2, 0.25) is 0 Å². The molecule has 1 aliphatic rings. The van der Waals surface area contributed by atoms with E-state index in [2.05, 4.69) is 28.1 Å². The molecule has 3 heterocycles. The predicted molar refractivity (Wildman–Crippen MR) is 108 cm³/mol. The standard InChI is InChI=1S/C20H21N5O2S/c1-4-14-15(5-2)19(27)25(18(14)26)11-7-6-10-24-12-17(22-13-24)16-8-9-21-20(23-16)28-3/h4-5,8-9,12-13H,1-2,6-7,10-11H2,3H3. The summed E-state index contributed by atoms with van der Waals surface area (Å²) in [4.78, 5) is 38.9. The molecule has 0 fully saturated rings. The van der Waals surface area contributed by atoms with Crippen LogP contribution in [0.15, 0.2) is 66.4 Å². The van der Waals surface area contributed by atoms with Crippen LogP contribution in [0.4, 0.5) is 0 Å². The van der Waals surface area contributed by atoms with Crippen LogP contribution in [-0.2, 0) is 16.1 Å². The van der Waals surface area contributed by atoms with Crippen LogP contribution in [0.1, 0.15) is 12.8 Å². The van der Waals surface area contributed by atoms with E-state index < -0.39 is 0 Å². The Labute approximate surface area is 167 Å². The first-order chi connectivity index (χ1) is 13.6. The van der Waals surface area contributed by atoms with Crippen LogP contribution in [-0.4, -0.2) is 49.0 Å². The van der Waals surface area contributed by atoms with Gasteiger partial charge in [-0.3, -0.25) is 14.5 Å². The Morgan fingerprint density at radius 1 is 1.04 bits per heavy atom. The monoisotopic (exact) mass is 395 g/mol. The van der Waals surface area contributed by atoms with E-state index >= 15 is 0 Å². The number of aromatic nitrogens is 4. The zero-order valence-corrected chi connectivity index (χ0v) is 16.5. The lowest BCUT2D eigenvalue weighted by Gasteiger charge is -2.14. The Kier molecular flexibility index (Phi) is 6.20. The van der Waals surface area contributed by atoms with Gasteiger partial charge in [-0.25, -0.2) is 15.0 Å². The Morgan fingerprint density at radius 2 is 1.71 bits per heavy atom. The molecule has 8 heteroatoms. The van der Waals surface area contributed by atoms with Crippen molar-refractivity contribution in [3.05, 3.63) is 61.2 Å². The summed E-state index contributed by atoms with van der Waals surface area (Å²) >= 11 is 1.48. The van der Waals surface area contributed by atoms with Crippen molar-refractivity contribution in [2.75, 3.05) is 12.8 Å². The van der Waals surface area contributed by atoms with Crippen molar-refractivity contribution in [1.82, 2.24) is 24.4 Å². The number of carbonyl (C=O) groups is 2. The summed E-state index contributed by atoms with van der Waals surface area (Å²) in [7, 11) is 0. The summed E-state index contributed by atoms with van der Waals surface area (Å²) < 4.78 is 1.98. The molecule has 144 valence electrons. The van der Waals surface area contributed by atoms with Crippen LogP contribution in [0.5, 0.6) is 0 Å². The van der Waals surface area contributed by atoms with Gasteiger partial charge in [0.1, 0.15) is 5.69 Å². The number of unbranched alkanes of at least 4 members (excludes halogenated alkanes) is 1. The molecular weight excluding hydrogens is 374 g/mol. The Morgan fingerprint density at radius 3 is 2.36 bits per heavy atom. The van der Waals surface area contributed by atoms with E-state index in [1.54, 1.807) is 12.5 Å². The van der Waals surface area contributed by atoms with Crippen molar-refractivity contribution in [2.24, 2.45) is 0 Å². The first kappa shape index (κ1) is 19.8. The first-order valence-electron chi connectivity index (χ1n) is 8.83. The van der Waals surface area contributed by atoms with Gasteiger partial charge in [-0.15, -0.1) is 0 Å². The number of imidazole rings is 1. The lowest BCUT2D eigenvalue weighted by molar-refractivity contribution is -0.137. The first-order valence-corrected chi connectivity index (χ1v) is 10.1. The summed E-state index contributed by atoms with van der Waals surface area (Å²) in [6.07, 6.45) is 11.7. The Hall–Kier alpha value is -3.00. The number of carbonyl (C=O) groups excluding carboxylic acids is 2. The lowest BCUT2D eigenvalue weighted by atomic mass is 10.1. The minimum atomic E-state index is -0.298. The summed E-state index contributed by atoms with van der Waals surface area (Å²) in [6.45, 7) is 8.32. The zero-order chi connectivity index (χ0) is 20.1. The molecule has 0 atom stereocenters. The second-order valence-corrected chi connectivity index (χ2v) is 6.90. The maximum Gasteiger partial charge on any atom is 0.261 e. The molecule has 0 aromatic carbocycles. The van der Waals surface area contributed by atoms with Crippen LogP contribution >= 0.6 is 11.8 Å². The van der Waals surface area contributed by atoms with Crippen molar-refractivity contribution >= 4 is 23.6 Å². The molecule has 2 amide bonds. The maximum absolute atomic E-state index is 12.3. The minimum Gasteiger partial charge on any atom is -0.337 e. The molecule has 0 radical (unpaired) electrons. The lowest BCUT2D eigenvalue weighted by Crippen LogP contribution is -2.32. The third kappa shape index (κ3) is 3.96. The summed E-state index contributed by atoms with van der Waals surface area (Å²) in [5.74, 6) is -0.596. The minimum absolute atomic E-state index is 0.298. The fourth-order valence-corrected chi connectivity index (χ4v) is 3.33. The third-order valence-corrected chi connectivity index (χ3v) is 4.97. The highest BCUT2D eigenvalue weighted by molar-refractivity contribution is 7.98. The van der Waals surface area contributed by atoms with Crippen molar-refractivity contribution in [2.45, 2.75) is 24.5 Å². The second-order valence-electron chi connectivity index (χ2n) is 6.13. The van der Waals surface area contributed by atoms with Crippen molar-refractivity contribution < 1.29 is 9.59 Å². The van der Waals surface area contributed by atoms with Crippen LogP contribution < -0.4 is 0 Å². The summed E-state index contributed by atoms with van der Waals surface area (Å²) in [5.41, 5.74) is 2.23. The van der Waals surface area contributed by atoms with E-state index in [-0.39, 0.29) is 11.8 Å². The number of rotatable bonds is 9. The van der Waals surface area contributed by atoms with Gasteiger partial charge in [0, 0.05) is 25.5 Å². The average Bonchev–Trinajstić information content (AvgIpc) is 3.28. The SMILES string of the molecule is C=CC1=C(C=C)C(=O)N(CCCCn2cnc(-c3ccnc(SC)n3)c2)C1=O. The molecule has 1 aliphatic heterocycles. The average molecular weight is 395 g/mol. The van der Waals surface area contributed by atoms with E-state index in [1.807, 2.05) is 23.1 Å². The van der Waals surface area contributed by atoms with Crippen LogP contribution in [0.25, 0.3) is 11.4 Å². The van der Waals surface area contributed by atoms with Gasteiger partial charge < -0.3 is 4.57 Å². The number of imide groups is 1. The number of nitrogens with zero attached hydrogens (tertiary/aromatic N) is 5. The fraction of sp³-hybridized carbons (Fsp3) is 0.250. The topological polar surface area (TPSA) is 81.0 Å². The van der Waals surface area contributed by atoms with Gasteiger partial charge in [-0.2, -0.15) is 0 Å². The maximum atomic E-state index is 12.3. The number of hydrogen-bond acceptors (Lipinski definition) is 6. The summed E-state index contributed by atoms with van der Waals surface area (Å²) in [6, 6.07) is 1.83. The molecule has 0 spiro atoms. The highest BCUT2D eigenvalue weighted by Crippen LogP contribution is 2.23. The van der Waals surface area contributed by atoms with Crippen LogP contribution in [0.2, 0.25) is 0 Å². The molecule has 0 N–H and O–H groups in total.